The summed E-state index contributed by atoms with van der Waals surface area (Å²) >= 11 is 0. The number of amides is 1. The first kappa shape index (κ1) is 11.5. The first-order valence-corrected chi connectivity index (χ1v) is 3.94. The number of alkyl halides is 3. The number of anilines is 1. The number of carbonyl (C=O) groups excluding carboxylic acids is 1. The van der Waals surface area contributed by atoms with Crippen LogP contribution in [0.1, 0.15) is 0 Å². The number of hydrogen-bond acceptors (Lipinski definition) is 4. The summed E-state index contributed by atoms with van der Waals surface area (Å²) in [5, 5.41) is 7.54. The van der Waals surface area contributed by atoms with E-state index in [2.05, 4.69) is 15.0 Å². The molecule has 0 aliphatic rings. The monoisotopic (exact) mass is 223 g/mol. The molecule has 1 heterocycles. The van der Waals surface area contributed by atoms with Crippen LogP contribution in [0.3, 0.4) is 0 Å². The molecular formula is C7H8F3N3O2. The summed E-state index contributed by atoms with van der Waals surface area (Å²) in [4.78, 5) is 11.0. The van der Waals surface area contributed by atoms with E-state index >= 15 is 0 Å². The van der Waals surface area contributed by atoms with E-state index in [1.165, 1.54) is 12.5 Å². The van der Waals surface area contributed by atoms with Crippen LogP contribution in [0.5, 0.6) is 0 Å². The Morgan fingerprint density at radius 1 is 1.53 bits per heavy atom. The lowest BCUT2D eigenvalue weighted by Gasteiger charge is -2.07. The second kappa shape index (κ2) is 4.78. The molecule has 5 nitrogen and oxygen atoms in total. The Morgan fingerprint density at radius 2 is 2.27 bits per heavy atom. The highest BCUT2D eigenvalue weighted by Gasteiger charge is 2.26. The Bertz CT molecular complexity index is 310. The van der Waals surface area contributed by atoms with Crippen LogP contribution in [0.25, 0.3) is 0 Å². The molecule has 0 spiro atoms. The standard InChI is InChI=1S/C7H8F3N3O2/c8-7(9,10)4-11-2-6(14)13-5-1-12-15-3-5/h1,3,11H,2,4H2,(H,13,14). The third kappa shape index (κ3) is 5.01. The quantitative estimate of drug-likeness (QED) is 0.790. The van der Waals surface area contributed by atoms with Crippen molar-refractivity contribution >= 4 is 11.6 Å². The summed E-state index contributed by atoms with van der Waals surface area (Å²) in [5.74, 6) is -0.595. The lowest BCUT2D eigenvalue weighted by atomic mass is 10.5. The zero-order chi connectivity index (χ0) is 11.3. The predicted octanol–water partition coefficient (Wildman–Crippen LogP) is 0.765. The van der Waals surface area contributed by atoms with Crippen LogP contribution in [0.2, 0.25) is 0 Å². The number of nitrogens with one attached hydrogen (secondary N) is 2. The average Bonchev–Trinajstić information content (AvgIpc) is 2.54. The molecule has 0 aliphatic heterocycles. The van der Waals surface area contributed by atoms with Crippen molar-refractivity contribution in [2.45, 2.75) is 6.18 Å². The smallest absolute Gasteiger partial charge is 0.363 e. The summed E-state index contributed by atoms with van der Waals surface area (Å²) in [5.41, 5.74) is 0.300. The number of rotatable bonds is 4. The van der Waals surface area contributed by atoms with E-state index in [0.717, 1.165) is 0 Å². The van der Waals surface area contributed by atoms with Crippen LogP contribution >= 0.6 is 0 Å². The fourth-order valence-electron chi connectivity index (χ4n) is 0.790. The first-order valence-electron chi connectivity index (χ1n) is 3.94. The van der Waals surface area contributed by atoms with Gasteiger partial charge in [-0.3, -0.25) is 4.79 Å². The van der Waals surface area contributed by atoms with Crippen molar-refractivity contribution in [1.82, 2.24) is 10.5 Å². The normalized spacial score (nSPS) is 11.4. The fraction of sp³-hybridized carbons (Fsp3) is 0.429. The van der Waals surface area contributed by atoms with Gasteiger partial charge in [0.05, 0.1) is 19.3 Å². The largest absolute Gasteiger partial charge is 0.401 e. The number of carbonyl (C=O) groups is 1. The first-order chi connectivity index (χ1) is 6.97. The molecule has 0 fully saturated rings. The predicted molar refractivity (Wildman–Crippen MR) is 44.1 cm³/mol. The Morgan fingerprint density at radius 3 is 2.80 bits per heavy atom. The summed E-state index contributed by atoms with van der Waals surface area (Å²) in [6.45, 7) is -1.63. The van der Waals surface area contributed by atoms with E-state index in [1.54, 1.807) is 0 Å². The van der Waals surface area contributed by atoms with Crippen LogP contribution < -0.4 is 10.6 Å². The molecule has 8 heteroatoms. The molecule has 1 aromatic heterocycles. The van der Waals surface area contributed by atoms with Gasteiger partial charge in [-0.25, -0.2) is 0 Å². The molecule has 0 aromatic carbocycles. The van der Waals surface area contributed by atoms with Crippen molar-refractivity contribution in [3.63, 3.8) is 0 Å². The third-order valence-corrected chi connectivity index (χ3v) is 1.33. The highest BCUT2D eigenvalue weighted by atomic mass is 19.4. The average molecular weight is 223 g/mol. The molecule has 0 unspecified atom stereocenters. The van der Waals surface area contributed by atoms with E-state index < -0.39 is 25.2 Å². The van der Waals surface area contributed by atoms with Gasteiger partial charge >= 0.3 is 6.18 Å². The van der Waals surface area contributed by atoms with Crippen molar-refractivity contribution < 1.29 is 22.5 Å². The van der Waals surface area contributed by atoms with Crippen LogP contribution in [0, 0.1) is 0 Å². The summed E-state index contributed by atoms with van der Waals surface area (Å²) in [6.07, 6.45) is -1.92. The Balaban J connectivity index is 2.20. The van der Waals surface area contributed by atoms with Crippen molar-refractivity contribution in [3.8, 4) is 0 Å². The summed E-state index contributed by atoms with van der Waals surface area (Å²) in [7, 11) is 0. The van der Waals surface area contributed by atoms with Crippen molar-refractivity contribution in [1.29, 1.82) is 0 Å². The third-order valence-electron chi connectivity index (χ3n) is 1.33. The SMILES string of the molecule is O=C(CNCC(F)(F)F)Nc1cnoc1. The fourth-order valence-corrected chi connectivity index (χ4v) is 0.790. The van der Waals surface area contributed by atoms with Gasteiger partial charge in [0.25, 0.3) is 0 Å². The molecule has 2 N–H and O–H groups in total. The summed E-state index contributed by atoms with van der Waals surface area (Å²) in [6, 6.07) is 0. The number of hydrogen-bond donors (Lipinski definition) is 2. The zero-order valence-electron chi connectivity index (χ0n) is 7.47. The summed E-state index contributed by atoms with van der Waals surface area (Å²) < 4.78 is 39.4. The maximum Gasteiger partial charge on any atom is 0.401 e. The van der Waals surface area contributed by atoms with Gasteiger partial charge in [-0.2, -0.15) is 13.2 Å². The van der Waals surface area contributed by atoms with Crippen LogP contribution in [0.4, 0.5) is 18.9 Å². The molecule has 84 valence electrons. The molecule has 0 atom stereocenters. The van der Waals surface area contributed by atoms with Gasteiger partial charge in [0.2, 0.25) is 5.91 Å². The van der Waals surface area contributed by atoms with Gasteiger partial charge in [-0.15, -0.1) is 0 Å². The molecule has 0 bridgehead atoms. The van der Waals surface area contributed by atoms with Crippen LogP contribution in [-0.4, -0.2) is 30.3 Å². The highest BCUT2D eigenvalue weighted by molar-refractivity contribution is 5.91. The highest BCUT2D eigenvalue weighted by Crippen LogP contribution is 2.11. The minimum Gasteiger partial charge on any atom is -0.363 e. The van der Waals surface area contributed by atoms with E-state index in [1.807, 2.05) is 5.32 Å². The molecule has 1 aromatic rings. The van der Waals surface area contributed by atoms with Gasteiger partial charge in [-0.05, 0) is 0 Å². The zero-order valence-corrected chi connectivity index (χ0v) is 7.47. The van der Waals surface area contributed by atoms with E-state index in [9.17, 15) is 18.0 Å². The van der Waals surface area contributed by atoms with Crippen LogP contribution in [0.15, 0.2) is 17.0 Å². The second-order valence-electron chi connectivity index (χ2n) is 2.68. The number of nitrogens with zero attached hydrogens (tertiary/aromatic N) is 1. The van der Waals surface area contributed by atoms with Gasteiger partial charge in [0.15, 0.2) is 0 Å². The molecule has 1 rings (SSSR count). The van der Waals surface area contributed by atoms with Crippen molar-refractivity contribution in [3.05, 3.63) is 12.5 Å². The van der Waals surface area contributed by atoms with Gasteiger partial charge in [0.1, 0.15) is 12.0 Å². The molecule has 1 amide bonds. The maximum atomic E-state index is 11.7. The molecule has 0 saturated carbocycles. The molecular weight excluding hydrogens is 215 g/mol. The number of halogens is 3. The van der Waals surface area contributed by atoms with Crippen molar-refractivity contribution in [2.24, 2.45) is 0 Å². The van der Waals surface area contributed by atoms with Crippen molar-refractivity contribution in [2.75, 3.05) is 18.4 Å². The molecule has 15 heavy (non-hydrogen) atoms. The topological polar surface area (TPSA) is 67.2 Å². The minimum atomic E-state index is -4.32. The second-order valence-corrected chi connectivity index (χ2v) is 2.68. The molecule has 0 aliphatic carbocycles. The Labute approximate surface area is 82.6 Å². The maximum absolute atomic E-state index is 11.7. The Kier molecular flexibility index (Phi) is 3.67. The van der Waals surface area contributed by atoms with Gasteiger partial charge in [0, 0.05) is 0 Å². The molecule has 0 radical (unpaired) electrons. The number of aromatic nitrogens is 1. The minimum absolute atomic E-state index is 0.300. The van der Waals surface area contributed by atoms with E-state index in [-0.39, 0.29) is 0 Å². The van der Waals surface area contributed by atoms with Gasteiger partial charge < -0.3 is 15.2 Å². The van der Waals surface area contributed by atoms with E-state index in [4.69, 9.17) is 0 Å². The lowest BCUT2D eigenvalue weighted by Crippen LogP contribution is -2.35. The van der Waals surface area contributed by atoms with Gasteiger partial charge in [-0.1, -0.05) is 5.16 Å². The van der Waals surface area contributed by atoms with E-state index in [0.29, 0.717) is 5.69 Å². The van der Waals surface area contributed by atoms with Crippen LogP contribution in [-0.2, 0) is 4.79 Å². The Hall–Kier alpha value is -1.57. The molecule has 0 saturated heterocycles. The lowest BCUT2D eigenvalue weighted by molar-refractivity contribution is -0.126.